The number of aliphatic hydroxyl groups is 2. The topological polar surface area (TPSA) is 96.4 Å². The molecule has 0 aromatic heterocycles. The Kier molecular flexibility index (Phi) is 3.99. The molecule has 6 nitrogen and oxygen atoms in total. The quantitative estimate of drug-likeness (QED) is 0.448. The van der Waals surface area contributed by atoms with Gasteiger partial charge in [0.15, 0.2) is 5.60 Å². The third-order valence-electron chi connectivity index (χ3n) is 13.3. The van der Waals surface area contributed by atoms with Crippen LogP contribution in [0.2, 0.25) is 0 Å². The Labute approximate surface area is 202 Å². The lowest BCUT2D eigenvalue weighted by atomic mass is 9.43. The van der Waals surface area contributed by atoms with Gasteiger partial charge in [-0.1, -0.05) is 13.8 Å². The number of hydrogen-bond donors (Lipinski definition) is 2. The molecule has 7 rings (SSSR count). The number of ketones is 1. The number of esters is 1. The van der Waals surface area contributed by atoms with Crippen LogP contribution in [-0.4, -0.2) is 51.0 Å². The molecule has 2 saturated heterocycles. The van der Waals surface area contributed by atoms with Gasteiger partial charge >= 0.3 is 5.97 Å². The predicted octanol–water partition coefficient (Wildman–Crippen LogP) is 3.55. The molecule has 0 aromatic carbocycles. The summed E-state index contributed by atoms with van der Waals surface area (Å²) in [4.78, 5) is 26.0. The molecular weight excluding hydrogens is 432 g/mol. The fourth-order valence-electron chi connectivity index (χ4n) is 10.9. The highest BCUT2D eigenvalue weighted by Crippen LogP contribution is 2.75. The van der Waals surface area contributed by atoms with E-state index in [1.54, 1.807) is 6.92 Å². The van der Waals surface area contributed by atoms with Crippen molar-refractivity contribution in [3.8, 4) is 0 Å². The van der Waals surface area contributed by atoms with Gasteiger partial charge < -0.3 is 19.7 Å². The Bertz CT molecular complexity index is 991. The van der Waals surface area contributed by atoms with Gasteiger partial charge in [-0.15, -0.1) is 0 Å². The van der Waals surface area contributed by atoms with Crippen LogP contribution in [0.3, 0.4) is 0 Å². The highest BCUT2D eigenvalue weighted by Gasteiger charge is 2.79. The standard InChI is InChI=1S/C28H40O6/c1-23-13-18(19(14-23)33-22(30)26(23,4)31)27(32)11-8-16-15-12-21-28(34-21)9-5-6-20(29)25(28,3)17(15)7-10-24(16,27)2/h15-19,21,31-32H,5-14H2,1-4H3/t15-,16-,17-,18-,19+,21+,23+,24-,25-,26-,27+,28+/m0/s1. The minimum absolute atomic E-state index is 0.159. The van der Waals surface area contributed by atoms with Crippen LogP contribution >= 0.6 is 0 Å². The first-order valence-corrected chi connectivity index (χ1v) is 13.7. The van der Waals surface area contributed by atoms with Crippen molar-refractivity contribution in [2.45, 2.75) is 121 Å². The second-order valence-corrected chi connectivity index (χ2v) is 14.1. The van der Waals surface area contributed by atoms with Crippen LogP contribution in [0, 0.1) is 39.9 Å². The molecule has 0 unspecified atom stereocenters. The summed E-state index contributed by atoms with van der Waals surface area (Å²) >= 11 is 0. The molecule has 2 aliphatic heterocycles. The van der Waals surface area contributed by atoms with Crippen LogP contribution in [0.1, 0.15) is 91.9 Å². The Hall–Kier alpha value is -0.980. The van der Waals surface area contributed by atoms with E-state index in [1.165, 1.54) is 0 Å². The maximum atomic E-state index is 13.4. The Morgan fingerprint density at radius 2 is 1.65 bits per heavy atom. The smallest absolute Gasteiger partial charge is 0.338 e. The first-order chi connectivity index (χ1) is 15.8. The van der Waals surface area contributed by atoms with E-state index in [0.29, 0.717) is 49.2 Å². The molecule has 2 bridgehead atoms. The highest BCUT2D eigenvalue weighted by molar-refractivity contribution is 5.88. The molecule has 5 aliphatic carbocycles. The first kappa shape index (κ1) is 22.2. The molecule has 6 heteroatoms. The van der Waals surface area contributed by atoms with Gasteiger partial charge in [-0.3, -0.25) is 4.79 Å². The number of hydrogen-bond acceptors (Lipinski definition) is 6. The minimum atomic E-state index is -1.52. The van der Waals surface area contributed by atoms with Gasteiger partial charge in [-0.2, -0.15) is 0 Å². The van der Waals surface area contributed by atoms with Crippen molar-refractivity contribution in [2.75, 3.05) is 0 Å². The van der Waals surface area contributed by atoms with E-state index in [2.05, 4.69) is 13.8 Å². The predicted molar refractivity (Wildman–Crippen MR) is 123 cm³/mol. The fourth-order valence-corrected chi connectivity index (χ4v) is 10.9. The summed E-state index contributed by atoms with van der Waals surface area (Å²) in [5.74, 6) is 0.766. The van der Waals surface area contributed by atoms with Gasteiger partial charge in [-0.25, -0.2) is 4.79 Å². The molecule has 0 aromatic rings. The number of carbonyl (C=O) groups excluding carboxylic acids is 2. The maximum Gasteiger partial charge on any atom is 0.338 e. The molecule has 5 saturated carbocycles. The Balaban J connectivity index is 1.23. The average Bonchev–Trinajstić information content (AvgIpc) is 3.27. The van der Waals surface area contributed by atoms with Crippen molar-refractivity contribution in [3.05, 3.63) is 0 Å². The lowest BCUT2D eigenvalue weighted by Gasteiger charge is -2.59. The first-order valence-electron chi connectivity index (χ1n) is 13.7. The zero-order valence-corrected chi connectivity index (χ0v) is 21.1. The van der Waals surface area contributed by atoms with Crippen molar-refractivity contribution in [2.24, 2.45) is 39.9 Å². The van der Waals surface area contributed by atoms with Crippen LogP contribution in [0.15, 0.2) is 0 Å². The number of fused-ring (bicyclic) bond motifs is 6. The number of epoxide rings is 1. The number of Topliss-reactive ketones (excluding diaryl/α,β-unsaturated/α-hetero) is 1. The molecule has 2 heterocycles. The Morgan fingerprint density at radius 3 is 2.41 bits per heavy atom. The van der Waals surface area contributed by atoms with E-state index in [9.17, 15) is 19.8 Å². The molecule has 7 fully saturated rings. The largest absolute Gasteiger partial charge is 0.460 e. The highest BCUT2D eigenvalue weighted by atomic mass is 16.6. The van der Waals surface area contributed by atoms with Crippen molar-refractivity contribution in [1.29, 1.82) is 0 Å². The lowest BCUT2D eigenvalue weighted by Crippen LogP contribution is -2.63. The van der Waals surface area contributed by atoms with Gasteiger partial charge in [-0.05, 0) is 94.8 Å². The summed E-state index contributed by atoms with van der Waals surface area (Å²) < 4.78 is 12.2. The summed E-state index contributed by atoms with van der Waals surface area (Å²) in [5, 5.41) is 23.5. The maximum absolute atomic E-state index is 13.4. The molecule has 0 radical (unpaired) electrons. The van der Waals surface area contributed by atoms with Gasteiger partial charge in [0.1, 0.15) is 17.5 Å². The van der Waals surface area contributed by atoms with E-state index in [1.807, 2.05) is 6.92 Å². The number of rotatable bonds is 1. The molecular formula is C28H40O6. The number of ether oxygens (including phenoxy) is 2. The van der Waals surface area contributed by atoms with E-state index in [4.69, 9.17) is 9.47 Å². The molecule has 7 aliphatic rings. The summed E-state index contributed by atoms with van der Waals surface area (Å²) in [7, 11) is 0. The number of carbonyl (C=O) groups is 2. The van der Waals surface area contributed by atoms with Crippen LogP contribution in [0.5, 0.6) is 0 Å². The third kappa shape index (κ3) is 2.15. The molecule has 12 atom stereocenters. The normalized spacial score (nSPS) is 63.9. The monoisotopic (exact) mass is 472 g/mol. The second kappa shape index (κ2) is 6.11. The van der Waals surface area contributed by atoms with Crippen molar-refractivity contribution >= 4 is 11.8 Å². The lowest BCUT2D eigenvalue weighted by molar-refractivity contribution is -0.201. The van der Waals surface area contributed by atoms with E-state index in [-0.39, 0.29) is 34.6 Å². The van der Waals surface area contributed by atoms with Crippen LogP contribution < -0.4 is 0 Å². The molecule has 34 heavy (non-hydrogen) atoms. The van der Waals surface area contributed by atoms with Gasteiger partial charge in [0, 0.05) is 17.8 Å². The van der Waals surface area contributed by atoms with Gasteiger partial charge in [0.2, 0.25) is 0 Å². The van der Waals surface area contributed by atoms with E-state index < -0.39 is 22.6 Å². The van der Waals surface area contributed by atoms with Crippen LogP contribution in [0.25, 0.3) is 0 Å². The van der Waals surface area contributed by atoms with Crippen LogP contribution in [0.4, 0.5) is 0 Å². The van der Waals surface area contributed by atoms with Gasteiger partial charge in [0.25, 0.3) is 0 Å². The van der Waals surface area contributed by atoms with Gasteiger partial charge in [0.05, 0.1) is 17.1 Å². The average molecular weight is 473 g/mol. The van der Waals surface area contributed by atoms with Crippen molar-refractivity contribution in [1.82, 2.24) is 0 Å². The summed E-state index contributed by atoms with van der Waals surface area (Å²) in [6.07, 6.45) is 8.23. The van der Waals surface area contributed by atoms with E-state index >= 15 is 0 Å². The molecule has 2 N–H and O–H groups in total. The third-order valence-corrected chi connectivity index (χ3v) is 13.3. The fraction of sp³-hybridized carbons (Fsp3) is 0.929. The Morgan fingerprint density at radius 1 is 0.912 bits per heavy atom. The zero-order valence-electron chi connectivity index (χ0n) is 21.1. The molecule has 1 spiro atoms. The minimum Gasteiger partial charge on any atom is -0.460 e. The summed E-state index contributed by atoms with van der Waals surface area (Å²) in [6.45, 7) is 8.04. The SMILES string of the molecule is C[C@@]12C[C@@H](OC(=O)[C@]1(C)O)[C@@H]([C@]1(O)CC[C@H]3[C@@H]4C[C@H]5O[C@]56CCCC(=O)[C@]6(C)[C@H]4CC[C@@]31C)C2. The van der Waals surface area contributed by atoms with Crippen molar-refractivity contribution in [3.63, 3.8) is 0 Å². The van der Waals surface area contributed by atoms with Crippen LogP contribution in [-0.2, 0) is 19.1 Å². The van der Waals surface area contributed by atoms with E-state index in [0.717, 1.165) is 38.5 Å². The zero-order chi connectivity index (χ0) is 24.1. The van der Waals surface area contributed by atoms with Crippen molar-refractivity contribution < 1.29 is 29.3 Å². The summed E-state index contributed by atoms with van der Waals surface area (Å²) in [5.41, 5.74) is -3.91. The summed E-state index contributed by atoms with van der Waals surface area (Å²) in [6, 6.07) is 0. The molecule has 188 valence electrons. The second-order valence-electron chi connectivity index (χ2n) is 14.1. The molecule has 0 amide bonds.